The van der Waals surface area contributed by atoms with Gasteiger partial charge in [-0.05, 0) is 25.1 Å². The summed E-state index contributed by atoms with van der Waals surface area (Å²) in [4.78, 5) is 11.5. The van der Waals surface area contributed by atoms with Gasteiger partial charge in [0, 0.05) is 17.9 Å². The number of hydrogen-bond acceptors (Lipinski definition) is 4. The van der Waals surface area contributed by atoms with Crippen molar-refractivity contribution in [2.45, 2.75) is 13.0 Å². The highest BCUT2D eigenvalue weighted by Crippen LogP contribution is 2.15. The number of nitrogens with one attached hydrogen (secondary N) is 1. The number of amides is 1. The minimum Gasteiger partial charge on any atom is -0.399 e. The summed E-state index contributed by atoms with van der Waals surface area (Å²) in [5.41, 5.74) is 12.3. The normalized spacial score (nSPS) is 12.1. The first kappa shape index (κ1) is 11.3. The average molecular weight is 209 g/mol. The number of rotatable bonds is 3. The van der Waals surface area contributed by atoms with Crippen molar-refractivity contribution in [3.8, 4) is 0 Å². The maximum absolute atomic E-state index is 11.5. The summed E-state index contributed by atoms with van der Waals surface area (Å²) in [5, 5.41) is 11.5. The van der Waals surface area contributed by atoms with Crippen LogP contribution in [0.5, 0.6) is 0 Å². The van der Waals surface area contributed by atoms with E-state index in [1.54, 1.807) is 19.1 Å². The Morgan fingerprint density at radius 1 is 1.53 bits per heavy atom. The van der Waals surface area contributed by atoms with Crippen molar-refractivity contribution >= 4 is 17.3 Å². The Balaban J connectivity index is 2.74. The number of carbonyl (C=O) groups excluding carboxylic acids is 1. The number of nitrogen functional groups attached to an aromatic ring is 2. The van der Waals surface area contributed by atoms with Crippen molar-refractivity contribution in [2.75, 3.05) is 18.0 Å². The van der Waals surface area contributed by atoms with Crippen LogP contribution in [0, 0.1) is 0 Å². The first-order valence-corrected chi connectivity index (χ1v) is 4.62. The molecule has 1 unspecified atom stereocenters. The standard InChI is InChI=1S/C10H15N3O2/c1-6(14)5-13-10(15)8-3-2-7(11)4-9(8)12/h2-4,6,14H,5,11-12H2,1H3,(H,13,15). The molecule has 5 nitrogen and oxygen atoms in total. The minimum atomic E-state index is -0.580. The van der Waals surface area contributed by atoms with E-state index in [0.717, 1.165) is 0 Å². The minimum absolute atomic E-state index is 0.197. The molecule has 0 aliphatic rings. The maximum atomic E-state index is 11.5. The molecular weight excluding hydrogens is 194 g/mol. The van der Waals surface area contributed by atoms with Crippen LogP contribution in [-0.4, -0.2) is 23.7 Å². The Bertz CT molecular complexity index is 364. The second-order valence-corrected chi connectivity index (χ2v) is 3.41. The SMILES string of the molecule is CC(O)CNC(=O)c1ccc(N)cc1N. The topological polar surface area (TPSA) is 101 Å². The molecule has 1 aromatic carbocycles. The van der Waals surface area contributed by atoms with E-state index in [1.807, 2.05) is 0 Å². The summed E-state index contributed by atoms with van der Waals surface area (Å²) in [6.45, 7) is 1.79. The van der Waals surface area contributed by atoms with Crippen molar-refractivity contribution < 1.29 is 9.90 Å². The molecule has 0 aliphatic heterocycles. The van der Waals surface area contributed by atoms with Crippen LogP contribution in [-0.2, 0) is 0 Å². The van der Waals surface area contributed by atoms with Gasteiger partial charge in [0.15, 0.2) is 0 Å². The van der Waals surface area contributed by atoms with E-state index in [2.05, 4.69) is 5.32 Å². The predicted octanol–water partition coefficient (Wildman–Crippen LogP) is -0.0384. The number of aliphatic hydroxyl groups excluding tert-OH is 1. The Hall–Kier alpha value is -1.75. The molecule has 0 saturated carbocycles. The molecule has 0 fully saturated rings. The van der Waals surface area contributed by atoms with Gasteiger partial charge in [-0.2, -0.15) is 0 Å². The first-order chi connectivity index (χ1) is 7.00. The van der Waals surface area contributed by atoms with Crippen molar-refractivity contribution in [2.24, 2.45) is 0 Å². The molecule has 0 spiro atoms. The monoisotopic (exact) mass is 209 g/mol. The molecule has 6 N–H and O–H groups in total. The summed E-state index contributed by atoms with van der Waals surface area (Å²) in [6.07, 6.45) is -0.580. The van der Waals surface area contributed by atoms with E-state index in [9.17, 15) is 4.79 Å². The Morgan fingerprint density at radius 2 is 2.20 bits per heavy atom. The van der Waals surface area contributed by atoms with Crippen molar-refractivity contribution in [1.29, 1.82) is 0 Å². The quantitative estimate of drug-likeness (QED) is 0.525. The summed E-state index contributed by atoms with van der Waals surface area (Å²) >= 11 is 0. The van der Waals surface area contributed by atoms with Crippen molar-refractivity contribution in [3.63, 3.8) is 0 Å². The zero-order valence-corrected chi connectivity index (χ0v) is 8.53. The summed E-state index contributed by atoms with van der Waals surface area (Å²) in [7, 11) is 0. The fraction of sp³-hybridized carbons (Fsp3) is 0.300. The van der Waals surface area contributed by atoms with Crippen LogP contribution in [0.3, 0.4) is 0 Å². The molecule has 0 heterocycles. The largest absolute Gasteiger partial charge is 0.399 e. The fourth-order valence-electron chi connectivity index (χ4n) is 1.12. The highest BCUT2D eigenvalue weighted by Gasteiger charge is 2.09. The van der Waals surface area contributed by atoms with Crippen LogP contribution < -0.4 is 16.8 Å². The number of anilines is 2. The third kappa shape index (κ3) is 3.14. The van der Waals surface area contributed by atoms with E-state index in [4.69, 9.17) is 16.6 Å². The van der Waals surface area contributed by atoms with Crippen LogP contribution in [0.2, 0.25) is 0 Å². The maximum Gasteiger partial charge on any atom is 0.253 e. The molecule has 0 saturated heterocycles. The lowest BCUT2D eigenvalue weighted by Crippen LogP contribution is -2.31. The summed E-state index contributed by atoms with van der Waals surface area (Å²) < 4.78 is 0. The second kappa shape index (κ2) is 4.65. The van der Waals surface area contributed by atoms with E-state index >= 15 is 0 Å². The molecule has 82 valence electrons. The van der Waals surface area contributed by atoms with Crippen LogP contribution in [0.25, 0.3) is 0 Å². The van der Waals surface area contributed by atoms with E-state index < -0.39 is 6.10 Å². The lowest BCUT2D eigenvalue weighted by Gasteiger charge is -2.09. The fourth-order valence-corrected chi connectivity index (χ4v) is 1.12. The van der Waals surface area contributed by atoms with Crippen LogP contribution in [0.15, 0.2) is 18.2 Å². The first-order valence-electron chi connectivity index (χ1n) is 4.62. The molecule has 5 heteroatoms. The van der Waals surface area contributed by atoms with Gasteiger partial charge in [0.1, 0.15) is 0 Å². The van der Waals surface area contributed by atoms with Gasteiger partial charge in [0.25, 0.3) is 5.91 Å². The number of carbonyl (C=O) groups is 1. The number of nitrogens with two attached hydrogens (primary N) is 2. The van der Waals surface area contributed by atoms with Gasteiger partial charge in [0.05, 0.1) is 11.7 Å². The lowest BCUT2D eigenvalue weighted by molar-refractivity contribution is 0.0925. The molecule has 15 heavy (non-hydrogen) atoms. The highest BCUT2D eigenvalue weighted by atomic mass is 16.3. The molecule has 0 aromatic heterocycles. The van der Waals surface area contributed by atoms with Gasteiger partial charge in [-0.15, -0.1) is 0 Å². The Labute approximate surface area is 88.1 Å². The van der Waals surface area contributed by atoms with Gasteiger partial charge < -0.3 is 21.9 Å². The van der Waals surface area contributed by atoms with Crippen molar-refractivity contribution in [3.05, 3.63) is 23.8 Å². The lowest BCUT2D eigenvalue weighted by atomic mass is 10.1. The van der Waals surface area contributed by atoms with Crippen LogP contribution in [0.1, 0.15) is 17.3 Å². The molecule has 1 rings (SSSR count). The molecule has 0 bridgehead atoms. The van der Waals surface area contributed by atoms with Crippen molar-refractivity contribution in [1.82, 2.24) is 5.32 Å². The van der Waals surface area contributed by atoms with E-state index in [-0.39, 0.29) is 12.5 Å². The van der Waals surface area contributed by atoms with Gasteiger partial charge in [-0.3, -0.25) is 4.79 Å². The van der Waals surface area contributed by atoms with E-state index in [0.29, 0.717) is 16.9 Å². The zero-order valence-electron chi connectivity index (χ0n) is 8.53. The summed E-state index contributed by atoms with van der Waals surface area (Å²) in [5.74, 6) is -0.312. The average Bonchev–Trinajstić information content (AvgIpc) is 2.14. The Morgan fingerprint density at radius 3 is 2.73 bits per heavy atom. The van der Waals surface area contributed by atoms with E-state index in [1.165, 1.54) is 6.07 Å². The van der Waals surface area contributed by atoms with Gasteiger partial charge in [-0.1, -0.05) is 0 Å². The third-order valence-corrected chi connectivity index (χ3v) is 1.88. The van der Waals surface area contributed by atoms with Crippen LogP contribution in [0.4, 0.5) is 11.4 Å². The number of benzene rings is 1. The molecular formula is C10H15N3O2. The summed E-state index contributed by atoms with van der Waals surface area (Å²) in [6, 6.07) is 4.69. The van der Waals surface area contributed by atoms with Gasteiger partial charge in [-0.25, -0.2) is 0 Å². The smallest absolute Gasteiger partial charge is 0.253 e. The molecule has 1 amide bonds. The second-order valence-electron chi connectivity index (χ2n) is 3.41. The zero-order chi connectivity index (χ0) is 11.4. The van der Waals surface area contributed by atoms with Gasteiger partial charge >= 0.3 is 0 Å². The molecule has 1 atom stereocenters. The Kier molecular flexibility index (Phi) is 3.51. The number of hydrogen-bond donors (Lipinski definition) is 4. The molecule has 1 aromatic rings. The van der Waals surface area contributed by atoms with Crippen LogP contribution >= 0.6 is 0 Å². The predicted molar refractivity (Wildman–Crippen MR) is 59.3 cm³/mol. The molecule has 0 aliphatic carbocycles. The molecule has 0 radical (unpaired) electrons. The number of aliphatic hydroxyl groups is 1. The van der Waals surface area contributed by atoms with Gasteiger partial charge in [0.2, 0.25) is 0 Å². The third-order valence-electron chi connectivity index (χ3n) is 1.88. The highest BCUT2D eigenvalue weighted by molar-refractivity contribution is 5.99.